The molecule has 1 aromatic carbocycles. The molecule has 0 saturated heterocycles. The Balaban J connectivity index is 2.26. The van der Waals surface area contributed by atoms with E-state index in [9.17, 15) is 9.90 Å². The molecule has 5 nitrogen and oxygen atoms in total. The maximum absolute atomic E-state index is 11.5. The SMILES string of the molecule is CC(C)(C)[Si](C)(C)O[C@H](C[C@@H](O)C/C=C/[C@H]1CC=CC(=O)O1)C[C@H](/C=C/c1ccccc1)O[Si](C)(C)C(C)(C)C. The van der Waals surface area contributed by atoms with Gasteiger partial charge < -0.3 is 18.7 Å². The zero-order valence-corrected chi connectivity index (χ0v) is 28.6. The third kappa shape index (κ3) is 11.2. The fraction of sp³-hybridized carbons (Fsp3) is 0.606. The number of rotatable bonds is 13. The predicted octanol–water partition coefficient (Wildman–Crippen LogP) is 8.44. The summed E-state index contributed by atoms with van der Waals surface area (Å²) in [6, 6.07) is 10.3. The Bertz CT molecular complexity index is 1020. The minimum absolute atomic E-state index is 0.0458. The van der Waals surface area contributed by atoms with Crippen LogP contribution in [0.15, 0.2) is 60.7 Å². The Labute approximate surface area is 246 Å². The Morgan fingerprint density at radius 1 is 0.975 bits per heavy atom. The highest BCUT2D eigenvalue weighted by Gasteiger charge is 2.42. The van der Waals surface area contributed by atoms with Crippen LogP contribution in [-0.4, -0.2) is 52.1 Å². The molecule has 2 rings (SSSR count). The molecule has 1 aromatic rings. The first-order valence-corrected chi connectivity index (χ1v) is 20.5. The quantitative estimate of drug-likeness (QED) is 0.143. The second-order valence-electron chi connectivity index (χ2n) is 14.1. The zero-order valence-electron chi connectivity index (χ0n) is 26.6. The van der Waals surface area contributed by atoms with Crippen LogP contribution in [0.25, 0.3) is 6.08 Å². The second kappa shape index (κ2) is 14.4. The highest BCUT2D eigenvalue weighted by atomic mass is 28.4. The van der Waals surface area contributed by atoms with Gasteiger partial charge in [0.05, 0.1) is 18.3 Å². The van der Waals surface area contributed by atoms with Crippen molar-refractivity contribution in [1.82, 2.24) is 0 Å². The fourth-order valence-electron chi connectivity index (χ4n) is 3.99. The number of carbonyl (C=O) groups is 1. The third-order valence-electron chi connectivity index (χ3n) is 8.50. The molecule has 0 unspecified atom stereocenters. The van der Waals surface area contributed by atoms with Gasteiger partial charge >= 0.3 is 5.97 Å². The van der Waals surface area contributed by atoms with E-state index in [0.717, 1.165) is 5.56 Å². The molecule has 0 fully saturated rings. The van der Waals surface area contributed by atoms with E-state index in [1.807, 2.05) is 36.4 Å². The molecule has 224 valence electrons. The standard InChI is InChI=1S/C33H54O5Si2/c1-32(2,3)39(7,8)37-29(23-22-26-16-12-11-13-17-26)25-30(38-40(9,10)33(4,5)6)24-27(34)18-14-19-28-20-15-21-31(35)36-28/h11-17,19,21-23,27-30,34H,18,20,24-25H2,1-10H3/b19-14+,23-22+/t27-,28-,29-,30+/m0/s1. The number of hydrogen-bond acceptors (Lipinski definition) is 5. The van der Waals surface area contributed by atoms with Crippen molar-refractivity contribution in [3.8, 4) is 0 Å². The summed E-state index contributed by atoms with van der Waals surface area (Å²) in [4.78, 5) is 11.5. The molecule has 7 heteroatoms. The number of hydrogen-bond donors (Lipinski definition) is 1. The average molecular weight is 587 g/mol. The van der Waals surface area contributed by atoms with Crippen LogP contribution in [-0.2, 0) is 18.4 Å². The summed E-state index contributed by atoms with van der Waals surface area (Å²) in [5.41, 5.74) is 1.14. The fourth-order valence-corrected chi connectivity index (χ4v) is 6.65. The predicted molar refractivity (Wildman–Crippen MR) is 172 cm³/mol. The van der Waals surface area contributed by atoms with E-state index in [1.165, 1.54) is 6.08 Å². The van der Waals surface area contributed by atoms with Crippen molar-refractivity contribution in [3.63, 3.8) is 0 Å². The number of aliphatic hydroxyl groups is 1. The Kier molecular flexibility index (Phi) is 12.4. The van der Waals surface area contributed by atoms with Crippen molar-refractivity contribution < 1.29 is 23.5 Å². The van der Waals surface area contributed by atoms with E-state index >= 15 is 0 Å². The number of benzene rings is 1. The lowest BCUT2D eigenvalue weighted by molar-refractivity contribution is -0.141. The van der Waals surface area contributed by atoms with E-state index in [1.54, 1.807) is 0 Å². The highest BCUT2D eigenvalue weighted by Crippen LogP contribution is 2.40. The van der Waals surface area contributed by atoms with Gasteiger partial charge in [0.25, 0.3) is 0 Å². The average Bonchev–Trinajstić information content (AvgIpc) is 2.81. The summed E-state index contributed by atoms with van der Waals surface area (Å²) in [6.07, 6.45) is 12.6. The molecule has 4 atom stereocenters. The molecule has 1 aliphatic heterocycles. The first-order valence-electron chi connectivity index (χ1n) is 14.7. The molecule has 0 saturated carbocycles. The van der Waals surface area contributed by atoms with E-state index in [2.05, 4.69) is 92.0 Å². The van der Waals surface area contributed by atoms with Gasteiger partial charge in [-0.3, -0.25) is 0 Å². The lowest BCUT2D eigenvalue weighted by Crippen LogP contribution is -2.47. The second-order valence-corrected chi connectivity index (χ2v) is 23.6. The molecule has 0 radical (unpaired) electrons. The minimum atomic E-state index is -2.11. The molecule has 1 N–H and O–H groups in total. The van der Waals surface area contributed by atoms with E-state index in [-0.39, 0.29) is 34.4 Å². The van der Waals surface area contributed by atoms with Crippen molar-refractivity contribution in [3.05, 3.63) is 66.3 Å². The van der Waals surface area contributed by atoms with Gasteiger partial charge in [0.15, 0.2) is 16.6 Å². The van der Waals surface area contributed by atoms with Gasteiger partial charge in [0.1, 0.15) is 6.10 Å². The van der Waals surface area contributed by atoms with Crippen molar-refractivity contribution in [1.29, 1.82) is 0 Å². The van der Waals surface area contributed by atoms with Crippen LogP contribution >= 0.6 is 0 Å². The molecule has 0 spiro atoms. The van der Waals surface area contributed by atoms with E-state index in [0.29, 0.717) is 25.7 Å². The monoisotopic (exact) mass is 586 g/mol. The van der Waals surface area contributed by atoms with Gasteiger partial charge in [-0.25, -0.2) is 4.79 Å². The van der Waals surface area contributed by atoms with Gasteiger partial charge in [-0.1, -0.05) is 96.2 Å². The Morgan fingerprint density at radius 2 is 1.57 bits per heavy atom. The molecule has 0 amide bonds. The maximum Gasteiger partial charge on any atom is 0.331 e. The van der Waals surface area contributed by atoms with Crippen molar-refractivity contribution in [2.24, 2.45) is 0 Å². The number of aliphatic hydroxyl groups excluding tert-OH is 1. The summed E-state index contributed by atoms with van der Waals surface area (Å²) < 4.78 is 19.2. The van der Waals surface area contributed by atoms with E-state index in [4.69, 9.17) is 13.6 Å². The first kappa shape index (κ1) is 34.4. The van der Waals surface area contributed by atoms with Crippen LogP contribution in [0, 0.1) is 0 Å². The third-order valence-corrected chi connectivity index (χ3v) is 17.5. The zero-order chi connectivity index (χ0) is 30.2. The Hall–Kier alpha value is -1.78. The maximum atomic E-state index is 11.5. The van der Waals surface area contributed by atoms with Crippen LogP contribution in [0.4, 0.5) is 0 Å². The lowest BCUT2D eigenvalue weighted by atomic mass is 10.0. The smallest absolute Gasteiger partial charge is 0.331 e. The van der Waals surface area contributed by atoms with Crippen LogP contribution in [0.5, 0.6) is 0 Å². The number of esters is 1. The normalized spacial score (nSPS) is 19.7. The summed E-state index contributed by atoms with van der Waals surface area (Å²) >= 11 is 0. The number of carbonyl (C=O) groups excluding carboxylic acids is 1. The molecule has 1 heterocycles. The number of ether oxygens (including phenoxy) is 1. The molecule has 40 heavy (non-hydrogen) atoms. The molecular weight excluding hydrogens is 533 g/mol. The van der Waals surface area contributed by atoms with Crippen LogP contribution in [0.1, 0.15) is 72.8 Å². The highest BCUT2D eigenvalue weighted by molar-refractivity contribution is 6.74. The molecule has 0 bridgehead atoms. The van der Waals surface area contributed by atoms with Crippen LogP contribution in [0.3, 0.4) is 0 Å². The molecular formula is C33H54O5Si2. The van der Waals surface area contributed by atoms with Crippen LogP contribution in [0.2, 0.25) is 36.3 Å². The molecule has 0 aliphatic carbocycles. The van der Waals surface area contributed by atoms with Gasteiger partial charge in [-0.2, -0.15) is 0 Å². The van der Waals surface area contributed by atoms with Gasteiger partial charge in [-0.15, -0.1) is 0 Å². The minimum Gasteiger partial charge on any atom is -0.455 e. The van der Waals surface area contributed by atoms with Gasteiger partial charge in [0, 0.05) is 18.9 Å². The molecule has 1 aliphatic rings. The van der Waals surface area contributed by atoms with E-state index < -0.39 is 22.7 Å². The summed E-state index contributed by atoms with van der Waals surface area (Å²) in [5.74, 6) is -0.319. The number of cyclic esters (lactones) is 1. The van der Waals surface area contributed by atoms with Gasteiger partial charge in [0.2, 0.25) is 0 Å². The first-order chi connectivity index (χ1) is 18.4. The van der Waals surface area contributed by atoms with Gasteiger partial charge in [-0.05, 0) is 60.7 Å². The van der Waals surface area contributed by atoms with Crippen molar-refractivity contribution in [2.75, 3.05) is 0 Å². The largest absolute Gasteiger partial charge is 0.455 e. The molecule has 0 aromatic heterocycles. The summed E-state index contributed by atoms with van der Waals surface area (Å²) in [7, 11) is -4.18. The Morgan fingerprint density at radius 3 is 2.15 bits per heavy atom. The van der Waals surface area contributed by atoms with Crippen molar-refractivity contribution >= 4 is 28.7 Å². The van der Waals surface area contributed by atoms with Crippen LogP contribution < -0.4 is 0 Å². The summed E-state index contributed by atoms with van der Waals surface area (Å²) in [6.45, 7) is 22.6. The van der Waals surface area contributed by atoms with Crippen molar-refractivity contribution in [2.45, 2.75) is 128 Å². The lowest BCUT2D eigenvalue weighted by Gasteiger charge is -2.42. The topological polar surface area (TPSA) is 65.0 Å². The summed E-state index contributed by atoms with van der Waals surface area (Å²) in [5, 5.41) is 11.2.